The average molecular weight is 396 g/mol. The average Bonchev–Trinajstić information content (AvgIpc) is 2.76. The molecule has 1 atom stereocenters. The third-order valence-electron chi connectivity index (χ3n) is 5.41. The highest BCUT2D eigenvalue weighted by Gasteiger charge is 2.32. The van der Waals surface area contributed by atoms with Crippen molar-refractivity contribution in [3.63, 3.8) is 0 Å². The van der Waals surface area contributed by atoms with Crippen molar-refractivity contribution in [2.24, 2.45) is 5.73 Å². The van der Waals surface area contributed by atoms with Crippen LogP contribution in [0, 0.1) is 0 Å². The van der Waals surface area contributed by atoms with Gasteiger partial charge in [-0.05, 0) is 31.5 Å². The molecule has 2 heterocycles. The zero-order valence-corrected chi connectivity index (χ0v) is 17.1. The summed E-state index contributed by atoms with van der Waals surface area (Å²) in [7, 11) is 0. The highest BCUT2D eigenvalue weighted by Crippen LogP contribution is 2.26. The third-order valence-corrected chi connectivity index (χ3v) is 5.41. The lowest BCUT2D eigenvalue weighted by Crippen LogP contribution is -2.52. The van der Waals surface area contributed by atoms with E-state index in [0.717, 1.165) is 37.6 Å². The number of likely N-dealkylation sites (N-methyl/N-ethyl adjacent to an activating group) is 1. The van der Waals surface area contributed by atoms with E-state index in [4.69, 9.17) is 5.73 Å². The fraction of sp³-hybridized carbons (Fsp3) is 0.409. The van der Waals surface area contributed by atoms with Crippen LogP contribution >= 0.6 is 0 Å². The Kier molecular flexibility index (Phi) is 6.82. The molecule has 154 valence electrons. The Balaban J connectivity index is 1.77. The molecule has 7 heteroatoms. The Morgan fingerprint density at radius 2 is 1.66 bits per heavy atom. The van der Waals surface area contributed by atoms with Crippen LogP contribution in [-0.2, 0) is 4.79 Å². The maximum atomic E-state index is 13.3. The van der Waals surface area contributed by atoms with Crippen molar-refractivity contribution >= 4 is 17.6 Å². The van der Waals surface area contributed by atoms with Gasteiger partial charge in [0.2, 0.25) is 5.91 Å². The molecule has 0 aliphatic carbocycles. The standard InChI is InChI=1S/C22H29N5O2/c1-3-25(4-2)22(29)20(17-9-6-5-7-10-17)27-15-13-26(14-16-27)19-12-8-11-18(24-19)21(23)28/h5-12,20H,3-4,13-16H2,1-2H3,(H2,23,28). The number of carbonyl (C=O) groups excluding carboxylic acids is 2. The van der Waals surface area contributed by atoms with E-state index in [1.165, 1.54) is 0 Å². The van der Waals surface area contributed by atoms with Crippen molar-refractivity contribution < 1.29 is 9.59 Å². The zero-order valence-electron chi connectivity index (χ0n) is 17.1. The second-order valence-electron chi connectivity index (χ2n) is 7.09. The van der Waals surface area contributed by atoms with E-state index < -0.39 is 5.91 Å². The Morgan fingerprint density at radius 1 is 1.00 bits per heavy atom. The smallest absolute Gasteiger partial charge is 0.267 e. The number of aromatic nitrogens is 1. The maximum Gasteiger partial charge on any atom is 0.267 e. The first-order valence-corrected chi connectivity index (χ1v) is 10.1. The summed E-state index contributed by atoms with van der Waals surface area (Å²) < 4.78 is 0. The molecule has 0 saturated carbocycles. The van der Waals surface area contributed by atoms with Crippen LogP contribution in [0.5, 0.6) is 0 Å². The van der Waals surface area contributed by atoms with Crippen molar-refractivity contribution in [3.8, 4) is 0 Å². The summed E-state index contributed by atoms with van der Waals surface area (Å²) in [6.45, 7) is 8.33. The number of nitrogens with zero attached hydrogens (tertiary/aromatic N) is 4. The Hall–Kier alpha value is -2.93. The summed E-state index contributed by atoms with van der Waals surface area (Å²) in [5.74, 6) is 0.357. The van der Waals surface area contributed by atoms with Crippen LogP contribution in [0.25, 0.3) is 0 Å². The van der Waals surface area contributed by atoms with Crippen LogP contribution in [0.3, 0.4) is 0 Å². The van der Waals surface area contributed by atoms with Crippen LogP contribution in [-0.4, -0.2) is 65.9 Å². The molecule has 1 aliphatic heterocycles. The minimum atomic E-state index is -0.528. The molecule has 1 saturated heterocycles. The molecule has 1 unspecified atom stereocenters. The molecule has 2 N–H and O–H groups in total. The van der Waals surface area contributed by atoms with Crippen molar-refractivity contribution in [1.29, 1.82) is 0 Å². The summed E-state index contributed by atoms with van der Waals surface area (Å²) in [5.41, 5.74) is 6.64. The normalized spacial score (nSPS) is 15.7. The lowest BCUT2D eigenvalue weighted by molar-refractivity contribution is -0.137. The van der Waals surface area contributed by atoms with E-state index in [-0.39, 0.29) is 17.6 Å². The molecule has 0 bridgehead atoms. The Morgan fingerprint density at radius 3 is 2.24 bits per heavy atom. The van der Waals surface area contributed by atoms with E-state index in [2.05, 4.69) is 14.8 Å². The van der Waals surface area contributed by atoms with Crippen LogP contribution in [0.15, 0.2) is 48.5 Å². The van der Waals surface area contributed by atoms with E-state index in [0.29, 0.717) is 13.1 Å². The number of benzene rings is 1. The molecule has 2 amide bonds. The van der Waals surface area contributed by atoms with Crippen molar-refractivity contribution in [1.82, 2.24) is 14.8 Å². The van der Waals surface area contributed by atoms with Crippen LogP contribution < -0.4 is 10.6 Å². The fourth-order valence-electron chi connectivity index (χ4n) is 3.80. The number of carbonyl (C=O) groups is 2. The molecule has 1 aromatic carbocycles. The number of piperazine rings is 1. The molecular weight excluding hydrogens is 366 g/mol. The van der Waals surface area contributed by atoms with Gasteiger partial charge in [-0.15, -0.1) is 0 Å². The first-order valence-electron chi connectivity index (χ1n) is 10.1. The SMILES string of the molecule is CCN(CC)C(=O)C(c1ccccc1)N1CCN(c2cccc(C(N)=O)n2)CC1. The number of nitrogens with two attached hydrogens (primary N) is 1. The van der Waals surface area contributed by atoms with E-state index in [1.807, 2.05) is 55.1 Å². The number of anilines is 1. The van der Waals surface area contributed by atoms with E-state index in [1.54, 1.807) is 12.1 Å². The highest BCUT2D eigenvalue weighted by atomic mass is 16.2. The van der Waals surface area contributed by atoms with Crippen LogP contribution in [0.2, 0.25) is 0 Å². The lowest BCUT2D eigenvalue weighted by atomic mass is 10.0. The van der Waals surface area contributed by atoms with Gasteiger partial charge in [0, 0.05) is 39.3 Å². The number of rotatable bonds is 7. The van der Waals surface area contributed by atoms with E-state index in [9.17, 15) is 9.59 Å². The molecule has 0 spiro atoms. The van der Waals surface area contributed by atoms with Gasteiger partial charge in [0.15, 0.2) is 0 Å². The molecular formula is C22H29N5O2. The third kappa shape index (κ3) is 4.74. The number of amides is 2. The predicted octanol–water partition coefficient (Wildman–Crippen LogP) is 1.91. The molecule has 2 aromatic rings. The van der Waals surface area contributed by atoms with Crippen molar-refractivity contribution in [2.75, 3.05) is 44.2 Å². The molecule has 3 rings (SSSR count). The summed E-state index contributed by atoms with van der Waals surface area (Å²) >= 11 is 0. The first-order chi connectivity index (χ1) is 14.0. The van der Waals surface area contributed by atoms with Gasteiger partial charge in [-0.2, -0.15) is 0 Å². The van der Waals surface area contributed by atoms with Gasteiger partial charge in [-0.1, -0.05) is 36.4 Å². The van der Waals surface area contributed by atoms with Gasteiger partial charge in [0.25, 0.3) is 5.91 Å². The quantitative estimate of drug-likeness (QED) is 0.774. The highest BCUT2D eigenvalue weighted by molar-refractivity contribution is 5.91. The van der Waals surface area contributed by atoms with Gasteiger partial charge in [-0.3, -0.25) is 14.5 Å². The Bertz CT molecular complexity index is 830. The summed E-state index contributed by atoms with van der Waals surface area (Å²) in [6.07, 6.45) is 0. The van der Waals surface area contributed by atoms with Gasteiger partial charge < -0.3 is 15.5 Å². The van der Waals surface area contributed by atoms with Crippen molar-refractivity contribution in [2.45, 2.75) is 19.9 Å². The second kappa shape index (κ2) is 9.52. The van der Waals surface area contributed by atoms with Gasteiger partial charge in [0.1, 0.15) is 17.6 Å². The maximum absolute atomic E-state index is 13.3. The molecule has 1 aromatic heterocycles. The lowest BCUT2D eigenvalue weighted by Gasteiger charge is -2.40. The summed E-state index contributed by atoms with van der Waals surface area (Å²) in [6, 6.07) is 15.0. The number of hydrogen-bond acceptors (Lipinski definition) is 5. The van der Waals surface area contributed by atoms with Gasteiger partial charge in [-0.25, -0.2) is 4.98 Å². The molecule has 1 fully saturated rings. The number of pyridine rings is 1. The largest absolute Gasteiger partial charge is 0.364 e. The Labute approximate surface area is 172 Å². The van der Waals surface area contributed by atoms with Crippen molar-refractivity contribution in [3.05, 3.63) is 59.8 Å². The molecule has 7 nitrogen and oxygen atoms in total. The fourth-order valence-corrected chi connectivity index (χ4v) is 3.80. The summed E-state index contributed by atoms with van der Waals surface area (Å²) in [4.78, 5) is 35.3. The second-order valence-corrected chi connectivity index (χ2v) is 7.09. The van der Waals surface area contributed by atoms with E-state index >= 15 is 0 Å². The van der Waals surface area contributed by atoms with Crippen LogP contribution in [0.1, 0.15) is 35.9 Å². The zero-order chi connectivity index (χ0) is 20.8. The molecule has 29 heavy (non-hydrogen) atoms. The predicted molar refractivity (Wildman–Crippen MR) is 114 cm³/mol. The first kappa shape index (κ1) is 20.8. The molecule has 1 aliphatic rings. The number of hydrogen-bond donors (Lipinski definition) is 1. The monoisotopic (exact) mass is 395 g/mol. The van der Waals surface area contributed by atoms with Gasteiger partial charge in [0.05, 0.1) is 0 Å². The number of primary amides is 1. The van der Waals surface area contributed by atoms with Gasteiger partial charge >= 0.3 is 0 Å². The van der Waals surface area contributed by atoms with Crippen LogP contribution in [0.4, 0.5) is 5.82 Å². The molecule has 0 radical (unpaired) electrons. The minimum absolute atomic E-state index is 0.142. The topological polar surface area (TPSA) is 82.8 Å². The summed E-state index contributed by atoms with van der Waals surface area (Å²) in [5, 5.41) is 0. The minimum Gasteiger partial charge on any atom is -0.364 e.